The first-order chi connectivity index (χ1) is 9.95. The summed E-state index contributed by atoms with van der Waals surface area (Å²) in [7, 11) is 0. The average Bonchev–Trinajstić information content (AvgIpc) is 2.40. The second-order valence-corrected chi connectivity index (χ2v) is 6.03. The Hall–Kier alpha value is -1.26. The Kier molecular flexibility index (Phi) is 5.48. The van der Waals surface area contributed by atoms with E-state index >= 15 is 0 Å². The summed E-state index contributed by atoms with van der Waals surface area (Å²) in [5.74, 6) is 0.400. The molecule has 0 aliphatic carbocycles. The Labute approximate surface area is 130 Å². The molecule has 1 saturated heterocycles. The van der Waals surface area contributed by atoms with Crippen LogP contribution >= 0.6 is 11.6 Å². The number of nitrogens with one attached hydrogen (secondary N) is 1. The second-order valence-electron chi connectivity index (χ2n) is 5.62. The lowest BCUT2D eigenvalue weighted by atomic mass is 10.00. The third-order valence-electron chi connectivity index (χ3n) is 3.55. The lowest BCUT2D eigenvalue weighted by molar-refractivity contribution is -0.129. The summed E-state index contributed by atoms with van der Waals surface area (Å²) in [5.41, 5.74) is 0. The Morgan fingerprint density at radius 2 is 1.95 bits per heavy atom. The standard InChI is InChI=1S/C16H22ClNO3/c1-10-8-13(9-11(2)20-10)18-16(19)12(3)21-15-7-5-4-6-14(15)17/h4-7,10-13H,8-9H2,1-3H3,(H,18,19)/t10-,11-,12+/m1/s1. The van der Waals surface area contributed by atoms with E-state index in [1.54, 1.807) is 19.1 Å². The first kappa shape index (κ1) is 16.1. The number of carbonyl (C=O) groups excluding carboxylic acids is 1. The van der Waals surface area contributed by atoms with Gasteiger partial charge in [0.25, 0.3) is 5.91 Å². The summed E-state index contributed by atoms with van der Waals surface area (Å²) in [4.78, 5) is 12.2. The number of hydrogen-bond donors (Lipinski definition) is 1. The molecule has 1 heterocycles. The molecule has 1 aliphatic heterocycles. The van der Waals surface area contributed by atoms with Gasteiger partial charge in [-0.25, -0.2) is 0 Å². The van der Waals surface area contributed by atoms with E-state index in [2.05, 4.69) is 5.32 Å². The molecule has 1 amide bonds. The van der Waals surface area contributed by atoms with E-state index in [0.29, 0.717) is 10.8 Å². The molecule has 0 bridgehead atoms. The van der Waals surface area contributed by atoms with Crippen molar-refractivity contribution in [3.8, 4) is 5.75 Å². The number of carbonyl (C=O) groups is 1. The van der Waals surface area contributed by atoms with Crippen LogP contribution in [-0.4, -0.2) is 30.3 Å². The predicted molar refractivity (Wildman–Crippen MR) is 82.7 cm³/mol. The van der Waals surface area contributed by atoms with Crippen molar-refractivity contribution in [2.45, 2.75) is 58.0 Å². The molecule has 116 valence electrons. The van der Waals surface area contributed by atoms with E-state index in [9.17, 15) is 4.79 Å². The van der Waals surface area contributed by atoms with E-state index in [4.69, 9.17) is 21.1 Å². The van der Waals surface area contributed by atoms with E-state index < -0.39 is 6.10 Å². The SMILES string of the molecule is C[C@@H]1CC(NC(=O)[C@H](C)Oc2ccccc2Cl)C[C@@H](C)O1. The molecule has 5 heteroatoms. The first-order valence-electron chi connectivity index (χ1n) is 7.32. The van der Waals surface area contributed by atoms with Crippen molar-refractivity contribution in [1.82, 2.24) is 5.32 Å². The van der Waals surface area contributed by atoms with Gasteiger partial charge in [-0.2, -0.15) is 0 Å². The molecule has 1 fully saturated rings. The zero-order valence-electron chi connectivity index (χ0n) is 12.6. The summed E-state index contributed by atoms with van der Waals surface area (Å²) in [5, 5.41) is 3.54. The fourth-order valence-corrected chi connectivity index (χ4v) is 2.81. The minimum atomic E-state index is -0.585. The zero-order chi connectivity index (χ0) is 15.4. The van der Waals surface area contributed by atoms with Gasteiger partial charge in [-0.1, -0.05) is 23.7 Å². The Morgan fingerprint density at radius 3 is 2.57 bits per heavy atom. The van der Waals surface area contributed by atoms with Gasteiger partial charge in [-0.15, -0.1) is 0 Å². The van der Waals surface area contributed by atoms with Gasteiger partial charge in [0.1, 0.15) is 5.75 Å². The van der Waals surface area contributed by atoms with Crippen LogP contribution in [0.2, 0.25) is 5.02 Å². The van der Waals surface area contributed by atoms with Crippen molar-refractivity contribution in [3.63, 3.8) is 0 Å². The van der Waals surface area contributed by atoms with Gasteiger partial charge in [0.15, 0.2) is 6.10 Å². The summed E-state index contributed by atoms with van der Waals surface area (Å²) in [6.45, 7) is 5.78. The van der Waals surface area contributed by atoms with Gasteiger partial charge >= 0.3 is 0 Å². The number of benzene rings is 1. The smallest absolute Gasteiger partial charge is 0.260 e. The van der Waals surface area contributed by atoms with Gasteiger partial charge in [0.2, 0.25) is 0 Å². The van der Waals surface area contributed by atoms with Crippen LogP contribution in [0.4, 0.5) is 0 Å². The van der Waals surface area contributed by atoms with Gasteiger partial charge in [-0.05, 0) is 45.7 Å². The van der Waals surface area contributed by atoms with Gasteiger partial charge in [-0.3, -0.25) is 4.79 Å². The minimum Gasteiger partial charge on any atom is -0.479 e. The Morgan fingerprint density at radius 1 is 1.33 bits per heavy atom. The van der Waals surface area contributed by atoms with E-state index in [0.717, 1.165) is 12.8 Å². The largest absolute Gasteiger partial charge is 0.479 e. The van der Waals surface area contributed by atoms with Crippen molar-refractivity contribution in [2.75, 3.05) is 0 Å². The monoisotopic (exact) mass is 311 g/mol. The zero-order valence-corrected chi connectivity index (χ0v) is 13.4. The fraction of sp³-hybridized carbons (Fsp3) is 0.562. The highest BCUT2D eigenvalue weighted by Gasteiger charge is 2.27. The molecule has 1 N–H and O–H groups in total. The highest BCUT2D eigenvalue weighted by Crippen LogP contribution is 2.24. The maximum atomic E-state index is 12.2. The molecular weight excluding hydrogens is 290 g/mol. The van der Waals surface area contributed by atoms with Crippen molar-refractivity contribution in [3.05, 3.63) is 29.3 Å². The van der Waals surface area contributed by atoms with Crippen LogP contribution in [0.1, 0.15) is 33.6 Å². The molecule has 0 spiro atoms. The van der Waals surface area contributed by atoms with Crippen LogP contribution < -0.4 is 10.1 Å². The fourth-order valence-electron chi connectivity index (χ4n) is 2.63. The summed E-state index contributed by atoms with van der Waals surface area (Å²) < 4.78 is 11.3. The minimum absolute atomic E-state index is 0.124. The molecular formula is C16H22ClNO3. The molecule has 2 rings (SSSR count). The Bertz CT molecular complexity index is 484. The van der Waals surface area contributed by atoms with Crippen LogP contribution in [0, 0.1) is 0 Å². The number of hydrogen-bond acceptors (Lipinski definition) is 3. The van der Waals surface area contributed by atoms with Gasteiger partial charge < -0.3 is 14.8 Å². The summed E-state index contributed by atoms with van der Waals surface area (Å²) in [6.07, 6.45) is 1.40. The van der Waals surface area contributed by atoms with Crippen LogP contribution in [-0.2, 0) is 9.53 Å². The molecule has 3 atom stereocenters. The molecule has 1 aromatic carbocycles. The van der Waals surface area contributed by atoms with E-state index in [-0.39, 0.29) is 24.2 Å². The van der Waals surface area contributed by atoms with Gasteiger partial charge in [0.05, 0.1) is 17.2 Å². The highest BCUT2D eigenvalue weighted by atomic mass is 35.5. The third kappa shape index (κ3) is 4.61. The quantitative estimate of drug-likeness (QED) is 0.929. The second kappa shape index (κ2) is 7.14. The van der Waals surface area contributed by atoms with Crippen molar-refractivity contribution in [2.24, 2.45) is 0 Å². The lowest BCUT2D eigenvalue weighted by Gasteiger charge is -2.33. The molecule has 0 radical (unpaired) electrons. The van der Waals surface area contributed by atoms with Gasteiger partial charge in [0, 0.05) is 6.04 Å². The van der Waals surface area contributed by atoms with Crippen LogP contribution in [0.5, 0.6) is 5.75 Å². The third-order valence-corrected chi connectivity index (χ3v) is 3.87. The van der Waals surface area contributed by atoms with Crippen molar-refractivity contribution in [1.29, 1.82) is 0 Å². The van der Waals surface area contributed by atoms with Crippen LogP contribution in [0.25, 0.3) is 0 Å². The van der Waals surface area contributed by atoms with Crippen molar-refractivity contribution >= 4 is 17.5 Å². The maximum absolute atomic E-state index is 12.2. The maximum Gasteiger partial charge on any atom is 0.260 e. The highest BCUT2D eigenvalue weighted by molar-refractivity contribution is 6.32. The number of ether oxygens (including phenoxy) is 2. The molecule has 0 aromatic heterocycles. The number of amides is 1. The van der Waals surface area contributed by atoms with E-state index in [1.807, 2.05) is 26.0 Å². The Balaban J connectivity index is 1.89. The molecule has 4 nitrogen and oxygen atoms in total. The van der Waals surface area contributed by atoms with Crippen LogP contribution in [0.3, 0.4) is 0 Å². The molecule has 1 aromatic rings. The summed E-state index contributed by atoms with van der Waals surface area (Å²) >= 11 is 6.03. The van der Waals surface area contributed by atoms with Crippen LogP contribution in [0.15, 0.2) is 24.3 Å². The lowest BCUT2D eigenvalue weighted by Crippen LogP contribution is -2.47. The number of halogens is 1. The summed E-state index contributed by atoms with van der Waals surface area (Å²) in [6, 6.07) is 7.28. The normalized spacial score (nSPS) is 27.0. The number of rotatable bonds is 4. The molecule has 0 saturated carbocycles. The molecule has 21 heavy (non-hydrogen) atoms. The predicted octanol–water partition coefficient (Wildman–Crippen LogP) is 3.18. The molecule has 0 unspecified atom stereocenters. The first-order valence-corrected chi connectivity index (χ1v) is 7.70. The average molecular weight is 312 g/mol. The van der Waals surface area contributed by atoms with Crippen molar-refractivity contribution < 1.29 is 14.3 Å². The number of para-hydroxylation sites is 1. The topological polar surface area (TPSA) is 47.6 Å². The van der Waals surface area contributed by atoms with E-state index in [1.165, 1.54) is 0 Å². The molecule has 1 aliphatic rings.